The molecule has 1 saturated carbocycles. The van der Waals surface area contributed by atoms with E-state index in [1.165, 1.54) is 25.0 Å². The maximum atomic E-state index is 10.0. The lowest BCUT2D eigenvalue weighted by atomic mass is 9.77. The summed E-state index contributed by atoms with van der Waals surface area (Å²) in [5, 5.41) is 10.0. The van der Waals surface area contributed by atoms with Crippen molar-refractivity contribution in [3.63, 3.8) is 0 Å². The molecule has 24 heavy (non-hydrogen) atoms. The van der Waals surface area contributed by atoms with Gasteiger partial charge in [-0.15, -0.1) is 0 Å². The minimum atomic E-state index is -0.0412. The number of nitrogens with zero attached hydrogens (tertiary/aromatic N) is 3. The first kappa shape index (κ1) is 17.6. The molecule has 0 bridgehead atoms. The second-order valence-electron chi connectivity index (χ2n) is 7.64. The topological polar surface area (TPSA) is 58.5 Å². The molecule has 0 unspecified atom stereocenters. The van der Waals surface area contributed by atoms with Gasteiger partial charge in [-0.05, 0) is 51.5 Å². The first-order valence-corrected chi connectivity index (χ1v) is 9.36. The van der Waals surface area contributed by atoms with Gasteiger partial charge in [0.1, 0.15) is 0 Å². The van der Waals surface area contributed by atoms with Crippen LogP contribution in [0.25, 0.3) is 0 Å². The molecule has 5 nitrogen and oxygen atoms in total. The maximum absolute atomic E-state index is 10.0. The van der Waals surface area contributed by atoms with Gasteiger partial charge in [-0.2, -0.15) is 0 Å². The molecule has 1 atom stereocenters. The van der Waals surface area contributed by atoms with Gasteiger partial charge in [-0.3, -0.25) is 0 Å². The number of aromatic nitrogens is 2. The number of anilines is 1. The second kappa shape index (κ2) is 7.79. The summed E-state index contributed by atoms with van der Waals surface area (Å²) in [6.45, 7) is 4.89. The highest BCUT2D eigenvalue weighted by molar-refractivity contribution is 5.35. The molecule has 0 radical (unpaired) electrons. The van der Waals surface area contributed by atoms with Crippen LogP contribution in [0, 0.1) is 12.3 Å². The third-order valence-corrected chi connectivity index (χ3v) is 5.72. The van der Waals surface area contributed by atoms with Crippen LogP contribution in [0.5, 0.6) is 0 Å². The van der Waals surface area contributed by atoms with Gasteiger partial charge >= 0.3 is 0 Å². The number of aryl methyl sites for hydroxylation is 1. The van der Waals surface area contributed by atoms with Crippen LogP contribution in [-0.4, -0.2) is 48.5 Å². The van der Waals surface area contributed by atoms with Crippen molar-refractivity contribution >= 4 is 5.95 Å². The highest BCUT2D eigenvalue weighted by atomic mass is 16.5. The standard InChI is InChI=1S/C19H31N3O2/c1-15-12-17(16-6-3-7-16)21-18(20-15)22-10-4-8-19(13-22,14-23)9-5-11-24-2/h12,16,23H,3-11,13-14H2,1-2H3/t19-/m1/s1. The number of piperidine rings is 1. The van der Waals surface area contributed by atoms with E-state index < -0.39 is 0 Å². The summed E-state index contributed by atoms with van der Waals surface area (Å²) in [7, 11) is 1.74. The lowest BCUT2D eigenvalue weighted by Gasteiger charge is -2.42. The van der Waals surface area contributed by atoms with Gasteiger partial charge in [0.05, 0.1) is 6.61 Å². The number of ether oxygens (including phenoxy) is 1. The molecule has 2 fully saturated rings. The van der Waals surface area contributed by atoms with Crippen LogP contribution >= 0.6 is 0 Å². The summed E-state index contributed by atoms with van der Waals surface area (Å²) < 4.78 is 5.19. The first-order chi connectivity index (χ1) is 11.7. The van der Waals surface area contributed by atoms with Crippen LogP contribution in [0.15, 0.2) is 6.07 Å². The Morgan fingerprint density at radius 3 is 2.83 bits per heavy atom. The molecule has 0 amide bonds. The van der Waals surface area contributed by atoms with E-state index in [1.54, 1.807) is 7.11 Å². The van der Waals surface area contributed by atoms with Crippen molar-refractivity contribution in [3.8, 4) is 0 Å². The van der Waals surface area contributed by atoms with E-state index in [0.29, 0.717) is 5.92 Å². The normalized spacial score (nSPS) is 24.9. The van der Waals surface area contributed by atoms with Gasteiger partial charge in [-0.25, -0.2) is 9.97 Å². The Kier molecular flexibility index (Phi) is 5.72. The summed E-state index contributed by atoms with van der Waals surface area (Å²) >= 11 is 0. The summed E-state index contributed by atoms with van der Waals surface area (Å²) in [6, 6.07) is 2.15. The molecule has 2 heterocycles. The number of hydrogen-bond acceptors (Lipinski definition) is 5. The fraction of sp³-hybridized carbons (Fsp3) is 0.789. The largest absolute Gasteiger partial charge is 0.396 e. The third kappa shape index (κ3) is 3.89. The molecular formula is C19H31N3O2. The number of methoxy groups -OCH3 is 1. The Morgan fingerprint density at radius 2 is 2.17 bits per heavy atom. The molecule has 3 rings (SSSR count). The Hall–Kier alpha value is -1.20. The highest BCUT2D eigenvalue weighted by Gasteiger charge is 2.36. The Bertz CT molecular complexity index is 547. The van der Waals surface area contributed by atoms with E-state index >= 15 is 0 Å². The van der Waals surface area contributed by atoms with Gasteiger partial charge in [0.2, 0.25) is 5.95 Å². The zero-order valence-corrected chi connectivity index (χ0v) is 15.1. The molecule has 2 aliphatic rings. The van der Waals surface area contributed by atoms with Crippen molar-refractivity contribution in [2.45, 2.75) is 57.8 Å². The molecule has 1 saturated heterocycles. The van der Waals surface area contributed by atoms with Crippen LogP contribution in [0.3, 0.4) is 0 Å². The quantitative estimate of drug-likeness (QED) is 0.777. The van der Waals surface area contributed by atoms with Crippen LogP contribution in [0.1, 0.15) is 62.3 Å². The molecule has 0 spiro atoms. The number of rotatable bonds is 7. The van der Waals surface area contributed by atoms with Gasteiger partial charge in [-0.1, -0.05) is 6.42 Å². The molecule has 1 aliphatic carbocycles. The van der Waals surface area contributed by atoms with Gasteiger partial charge < -0.3 is 14.7 Å². The molecule has 1 aromatic heterocycles. The lowest BCUT2D eigenvalue weighted by Crippen LogP contribution is -2.46. The van der Waals surface area contributed by atoms with Gasteiger partial charge in [0.25, 0.3) is 0 Å². The molecule has 1 N–H and O–H groups in total. The SMILES string of the molecule is COCCC[C@]1(CO)CCCN(c2nc(C)cc(C3CCC3)n2)C1. The predicted octanol–water partition coefficient (Wildman–Crippen LogP) is 3.06. The van der Waals surface area contributed by atoms with E-state index in [2.05, 4.69) is 17.9 Å². The highest BCUT2D eigenvalue weighted by Crippen LogP contribution is 2.38. The number of aliphatic hydroxyl groups excluding tert-OH is 1. The molecule has 5 heteroatoms. The first-order valence-electron chi connectivity index (χ1n) is 9.36. The number of hydrogen-bond donors (Lipinski definition) is 1. The van der Waals surface area contributed by atoms with Crippen LogP contribution in [0.2, 0.25) is 0 Å². The minimum absolute atomic E-state index is 0.0412. The van der Waals surface area contributed by atoms with Crippen molar-refractivity contribution in [2.75, 3.05) is 38.3 Å². The summed E-state index contributed by atoms with van der Waals surface area (Å²) in [5.74, 6) is 1.49. The molecule has 1 aromatic rings. The summed E-state index contributed by atoms with van der Waals surface area (Å²) in [6.07, 6.45) is 7.98. The molecule has 134 valence electrons. The third-order valence-electron chi connectivity index (χ3n) is 5.72. The fourth-order valence-corrected chi connectivity index (χ4v) is 4.01. The van der Waals surface area contributed by atoms with E-state index in [1.807, 2.05) is 0 Å². The van der Waals surface area contributed by atoms with Crippen LogP contribution in [0.4, 0.5) is 5.95 Å². The predicted molar refractivity (Wildman–Crippen MR) is 95.4 cm³/mol. The van der Waals surface area contributed by atoms with Crippen molar-refractivity contribution in [1.29, 1.82) is 0 Å². The van der Waals surface area contributed by atoms with E-state index in [-0.39, 0.29) is 12.0 Å². The number of aliphatic hydroxyl groups is 1. The van der Waals surface area contributed by atoms with E-state index in [4.69, 9.17) is 14.7 Å². The van der Waals surface area contributed by atoms with E-state index in [9.17, 15) is 5.11 Å². The minimum Gasteiger partial charge on any atom is -0.396 e. The zero-order valence-electron chi connectivity index (χ0n) is 15.1. The maximum Gasteiger partial charge on any atom is 0.225 e. The second-order valence-corrected chi connectivity index (χ2v) is 7.64. The molecular weight excluding hydrogens is 302 g/mol. The van der Waals surface area contributed by atoms with E-state index in [0.717, 1.165) is 57.0 Å². The van der Waals surface area contributed by atoms with Crippen LogP contribution < -0.4 is 4.90 Å². The van der Waals surface area contributed by atoms with Crippen LogP contribution in [-0.2, 0) is 4.74 Å². The summed E-state index contributed by atoms with van der Waals surface area (Å²) in [4.78, 5) is 11.9. The Balaban J connectivity index is 1.74. The average Bonchev–Trinajstić information content (AvgIpc) is 2.53. The van der Waals surface area contributed by atoms with Crippen molar-refractivity contribution in [1.82, 2.24) is 9.97 Å². The summed E-state index contributed by atoms with van der Waals surface area (Å²) in [5.41, 5.74) is 2.23. The van der Waals surface area contributed by atoms with Gasteiger partial charge in [0.15, 0.2) is 0 Å². The zero-order chi connectivity index (χ0) is 17.0. The monoisotopic (exact) mass is 333 g/mol. The van der Waals surface area contributed by atoms with Gasteiger partial charge in [0, 0.05) is 49.5 Å². The Morgan fingerprint density at radius 1 is 1.33 bits per heavy atom. The fourth-order valence-electron chi connectivity index (χ4n) is 4.01. The average molecular weight is 333 g/mol. The molecule has 1 aliphatic heterocycles. The Labute approximate surface area is 145 Å². The van der Waals surface area contributed by atoms with Crippen molar-refractivity contribution < 1.29 is 9.84 Å². The van der Waals surface area contributed by atoms with Crippen molar-refractivity contribution in [3.05, 3.63) is 17.5 Å². The lowest BCUT2D eigenvalue weighted by molar-refractivity contribution is 0.0818. The van der Waals surface area contributed by atoms with Crippen molar-refractivity contribution in [2.24, 2.45) is 5.41 Å². The smallest absolute Gasteiger partial charge is 0.225 e. The molecule has 0 aromatic carbocycles.